The summed E-state index contributed by atoms with van der Waals surface area (Å²) in [5.74, 6) is 1.56. The number of aromatic nitrogens is 3. The van der Waals surface area contributed by atoms with E-state index in [1.807, 2.05) is 47.7 Å². The number of hydrogen-bond acceptors (Lipinski definition) is 4. The Labute approximate surface area is 141 Å². The molecule has 0 spiro atoms. The smallest absolute Gasteiger partial charge is 0.318 e. The normalized spacial score (nSPS) is 15.0. The molecule has 0 saturated heterocycles. The fourth-order valence-electron chi connectivity index (χ4n) is 2.70. The molecule has 1 unspecified atom stereocenters. The number of aryl methyl sites for hydroxylation is 1. The van der Waals surface area contributed by atoms with Crippen molar-refractivity contribution in [1.29, 1.82) is 0 Å². The number of nitrogens with one attached hydrogen (secondary N) is 1. The number of amides is 2. The van der Waals surface area contributed by atoms with Crippen molar-refractivity contribution < 1.29 is 9.53 Å². The van der Waals surface area contributed by atoms with E-state index in [0.29, 0.717) is 12.6 Å². The van der Waals surface area contributed by atoms with Gasteiger partial charge in [-0.05, 0) is 37.5 Å². The SMILES string of the molecule is COc1ccc(CN(C(=O)NC(C)c2nncn2C)C2CC2)cc1. The van der Waals surface area contributed by atoms with Gasteiger partial charge in [-0.1, -0.05) is 12.1 Å². The van der Waals surface area contributed by atoms with Crippen molar-refractivity contribution in [1.82, 2.24) is 25.0 Å². The predicted molar refractivity (Wildman–Crippen MR) is 89.5 cm³/mol. The number of nitrogens with zero attached hydrogens (tertiary/aromatic N) is 4. The van der Waals surface area contributed by atoms with E-state index in [2.05, 4.69) is 15.5 Å². The van der Waals surface area contributed by atoms with E-state index in [-0.39, 0.29) is 12.1 Å². The highest BCUT2D eigenvalue weighted by atomic mass is 16.5. The summed E-state index contributed by atoms with van der Waals surface area (Å²) in [4.78, 5) is 14.6. The van der Waals surface area contributed by atoms with E-state index in [1.54, 1.807) is 13.4 Å². The van der Waals surface area contributed by atoms with Crippen LogP contribution in [0, 0.1) is 0 Å². The Hall–Kier alpha value is -2.57. The summed E-state index contributed by atoms with van der Waals surface area (Å²) in [6.07, 6.45) is 3.75. The van der Waals surface area contributed by atoms with Crippen LogP contribution in [0.4, 0.5) is 4.79 Å². The monoisotopic (exact) mass is 329 g/mol. The van der Waals surface area contributed by atoms with Crippen LogP contribution in [0.5, 0.6) is 5.75 Å². The Bertz CT molecular complexity index is 693. The Balaban J connectivity index is 1.66. The Kier molecular flexibility index (Phi) is 4.69. The molecule has 0 radical (unpaired) electrons. The number of methoxy groups -OCH3 is 1. The third-order valence-corrected chi connectivity index (χ3v) is 4.23. The molecule has 1 saturated carbocycles. The number of hydrogen-bond donors (Lipinski definition) is 1. The van der Waals surface area contributed by atoms with E-state index in [1.165, 1.54) is 0 Å². The Morgan fingerprint density at radius 2 is 2.12 bits per heavy atom. The van der Waals surface area contributed by atoms with Gasteiger partial charge in [-0.15, -0.1) is 10.2 Å². The number of carbonyl (C=O) groups excluding carboxylic acids is 1. The lowest BCUT2D eigenvalue weighted by Gasteiger charge is -2.25. The van der Waals surface area contributed by atoms with Crippen molar-refractivity contribution in [2.45, 2.75) is 38.4 Å². The molecule has 7 nitrogen and oxygen atoms in total. The van der Waals surface area contributed by atoms with Gasteiger partial charge in [-0.25, -0.2) is 4.79 Å². The third kappa shape index (κ3) is 3.67. The van der Waals surface area contributed by atoms with Crippen LogP contribution < -0.4 is 10.1 Å². The van der Waals surface area contributed by atoms with Crippen LogP contribution in [-0.4, -0.2) is 38.8 Å². The first-order valence-electron chi connectivity index (χ1n) is 8.12. The van der Waals surface area contributed by atoms with Gasteiger partial charge in [0.25, 0.3) is 0 Å². The van der Waals surface area contributed by atoms with Crippen molar-refractivity contribution in [2.75, 3.05) is 7.11 Å². The fraction of sp³-hybridized carbons (Fsp3) is 0.471. The molecule has 1 heterocycles. The van der Waals surface area contributed by atoms with Crippen molar-refractivity contribution >= 4 is 6.03 Å². The zero-order valence-corrected chi connectivity index (χ0v) is 14.3. The standard InChI is InChI=1S/C17H23N5O2/c1-12(16-20-18-11-21(16)2)19-17(23)22(14-6-7-14)10-13-4-8-15(24-3)9-5-13/h4-5,8-9,11-12,14H,6-7,10H2,1-3H3,(H,19,23). The second-order valence-corrected chi connectivity index (χ2v) is 6.18. The summed E-state index contributed by atoms with van der Waals surface area (Å²) in [5.41, 5.74) is 1.09. The molecule has 1 fully saturated rings. The topological polar surface area (TPSA) is 72.3 Å². The van der Waals surface area contributed by atoms with Crippen molar-refractivity contribution in [3.63, 3.8) is 0 Å². The Morgan fingerprint density at radius 1 is 1.42 bits per heavy atom. The van der Waals surface area contributed by atoms with Gasteiger partial charge >= 0.3 is 6.03 Å². The molecule has 128 valence electrons. The molecule has 3 rings (SSSR count). The van der Waals surface area contributed by atoms with Gasteiger partial charge in [-0.3, -0.25) is 0 Å². The van der Waals surface area contributed by atoms with Crippen LogP contribution in [0.1, 0.15) is 37.2 Å². The summed E-state index contributed by atoms with van der Waals surface area (Å²) < 4.78 is 6.99. The largest absolute Gasteiger partial charge is 0.497 e. The molecular formula is C17H23N5O2. The maximum absolute atomic E-state index is 12.7. The highest BCUT2D eigenvalue weighted by Gasteiger charge is 2.33. The highest BCUT2D eigenvalue weighted by Crippen LogP contribution is 2.29. The summed E-state index contributed by atoms with van der Waals surface area (Å²) in [6, 6.07) is 7.88. The maximum Gasteiger partial charge on any atom is 0.318 e. The van der Waals surface area contributed by atoms with E-state index >= 15 is 0 Å². The lowest BCUT2D eigenvalue weighted by atomic mass is 10.2. The van der Waals surface area contributed by atoms with Gasteiger partial charge in [-0.2, -0.15) is 0 Å². The quantitative estimate of drug-likeness (QED) is 0.882. The number of benzene rings is 1. The summed E-state index contributed by atoms with van der Waals surface area (Å²) in [7, 11) is 3.51. The molecule has 1 aromatic heterocycles. The first kappa shape index (κ1) is 16.3. The van der Waals surface area contributed by atoms with Crippen molar-refractivity contribution in [2.24, 2.45) is 7.05 Å². The molecule has 7 heteroatoms. The van der Waals surface area contributed by atoms with Crippen molar-refractivity contribution in [3.05, 3.63) is 42.0 Å². The maximum atomic E-state index is 12.7. The second-order valence-electron chi connectivity index (χ2n) is 6.18. The van der Waals surface area contributed by atoms with Gasteiger partial charge in [0, 0.05) is 19.6 Å². The number of rotatable bonds is 6. The zero-order valence-electron chi connectivity index (χ0n) is 14.3. The third-order valence-electron chi connectivity index (χ3n) is 4.23. The molecule has 2 aromatic rings. The van der Waals surface area contributed by atoms with E-state index in [0.717, 1.165) is 30.0 Å². The molecule has 1 aromatic carbocycles. The van der Waals surface area contributed by atoms with Crippen LogP contribution >= 0.6 is 0 Å². The van der Waals surface area contributed by atoms with Gasteiger partial charge in [0.1, 0.15) is 12.1 Å². The lowest BCUT2D eigenvalue weighted by molar-refractivity contribution is 0.188. The molecule has 0 aliphatic heterocycles. The summed E-state index contributed by atoms with van der Waals surface area (Å²) >= 11 is 0. The van der Waals surface area contributed by atoms with Crippen LogP contribution in [0.3, 0.4) is 0 Å². The second kappa shape index (κ2) is 6.90. The number of ether oxygens (including phenoxy) is 1. The average Bonchev–Trinajstić information content (AvgIpc) is 3.33. The first-order valence-corrected chi connectivity index (χ1v) is 8.12. The number of urea groups is 1. The van der Waals surface area contributed by atoms with Gasteiger partial charge < -0.3 is 19.5 Å². The molecule has 2 amide bonds. The molecular weight excluding hydrogens is 306 g/mol. The summed E-state index contributed by atoms with van der Waals surface area (Å²) in [5, 5.41) is 10.9. The zero-order chi connectivity index (χ0) is 17.1. The van der Waals surface area contributed by atoms with Gasteiger partial charge in [0.15, 0.2) is 5.82 Å². The molecule has 1 N–H and O–H groups in total. The number of carbonyl (C=O) groups is 1. The van der Waals surface area contributed by atoms with Crippen LogP contribution in [-0.2, 0) is 13.6 Å². The minimum Gasteiger partial charge on any atom is -0.497 e. The van der Waals surface area contributed by atoms with E-state index < -0.39 is 0 Å². The molecule has 1 aliphatic rings. The lowest BCUT2D eigenvalue weighted by Crippen LogP contribution is -2.42. The average molecular weight is 329 g/mol. The van der Waals surface area contributed by atoms with E-state index in [9.17, 15) is 4.79 Å². The first-order chi connectivity index (χ1) is 11.6. The molecule has 1 atom stereocenters. The summed E-state index contributed by atoms with van der Waals surface area (Å²) in [6.45, 7) is 2.51. The molecule has 0 bridgehead atoms. The van der Waals surface area contributed by atoms with E-state index in [4.69, 9.17) is 4.74 Å². The van der Waals surface area contributed by atoms with Crippen LogP contribution in [0.15, 0.2) is 30.6 Å². The van der Waals surface area contributed by atoms with Crippen LogP contribution in [0.2, 0.25) is 0 Å². The van der Waals surface area contributed by atoms with Gasteiger partial charge in [0.05, 0.1) is 13.2 Å². The van der Waals surface area contributed by atoms with Crippen molar-refractivity contribution in [3.8, 4) is 5.75 Å². The van der Waals surface area contributed by atoms with Crippen LogP contribution in [0.25, 0.3) is 0 Å². The fourth-order valence-corrected chi connectivity index (χ4v) is 2.70. The Morgan fingerprint density at radius 3 is 2.67 bits per heavy atom. The predicted octanol–water partition coefficient (Wildman–Crippen LogP) is 2.26. The molecule has 24 heavy (non-hydrogen) atoms. The molecule has 1 aliphatic carbocycles. The minimum atomic E-state index is -0.192. The highest BCUT2D eigenvalue weighted by molar-refractivity contribution is 5.75. The minimum absolute atomic E-state index is 0.0659. The van der Waals surface area contributed by atoms with Gasteiger partial charge in [0.2, 0.25) is 0 Å².